The van der Waals surface area contributed by atoms with Crippen LogP contribution in [0.4, 0.5) is 10.2 Å². The largest absolute Gasteiger partial charge is 0.364 e. The van der Waals surface area contributed by atoms with Crippen molar-refractivity contribution in [1.29, 1.82) is 5.26 Å². The summed E-state index contributed by atoms with van der Waals surface area (Å²) in [4.78, 5) is 6.87. The third-order valence-corrected chi connectivity index (χ3v) is 4.99. The van der Waals surface area contributed by atoms with Gasteiger partial charge in [0, 0.05) is 22.4 Å². The number of nitriles is 1. The smallest absolute Gasteiger partial charge is 0.166 e. The summed E-state index contributed by atoms with van der Waals surface area (Å²) >= 11 is 5.85. The van der Waals surface area contributed by atoms with Crippen LogP contribution in [0.3, 0.4) is 0 Å². The van der Waals surface area contributed by atoms with Crippen molar-refractivity contribution in [3.05, 3.63) is 33.0 Å². The third kappa shape index (κ3) is 2.45. The number of rotatable bonds is 3. The van der Waals surface area contributed by atoms with Crippen LogP contribution in [0.25, 0.3) is 10.4 Å². The van der Waals surface area contributed by atoms with Gasteiger partial charge in [-0.1, -0.05) is 29.6 Å². The molecule has 0 bridgehead atoms. The molecule has 0 amide bonds. The van der Waals surface area contributed by atoms with Gasteiger partial charge >= 0.3 is 0 Å². The first-order valence-electron chi connectivity index (χ1n) is 7.17. The highest BCUT2D eigenvalue weighted by atomic mass is 35.5. The highest BCUT2D eigenvalue weighted by Crippen LogP contribution is 2.58. The van der Waals surface area contributed by atoms with Gasteiger partial charge in [0.05, 0.1) is 5.56 Å². The van der Waals surface area contributed by atoms with Gasteiger partial charge < -0.3 is 5.32 Å². The van der Waals surface area contributed by atoms with Gasteiger partial charge in [-0.15, -0.1) is 0 Å². The number of pyridine rings is 1. The number of halogens is 2. The van der Waals surface area contributed by atoms with Crippen LogP contribution in [0, 0.1) is 22.6 Å². The number of nitrogens with zero attached hydrogens (tertiary/aromatic N) is 5. The summed E-state index contributed by atoms with van der Waals surface area (Å²) in [6, 6.07) is 2.84. The van der Waals surface area contributed by atoms with E-state index in [1.54, 1.807) is 6.07 Å². The molecular weight excluding hydrogens is 307 g/mol. The lowest BCUT2D eigenvalue weighted by atomic mass is 9.81. The molecule has 6 nitrogen and oxygen atoms in total. The minimum Gasteiger partial charge on any atom is -0.364 e. The monoisotopic (exact) mass is 320 g/mol. The Labute approximate surface area is 131 Å². The van der Waals surface area contributed by atoms with Crippen molar-refractivity contribution in [2.24, 2.45) is 10.5 Å². The predicted molar refractivity (Wildman–Crippen MR) is 79.8 cm³/mol. The minimum absolute atomic E-state index is 0.0138. The normalized spacial score (nSPS) is 29.5. The molecule has 2 fully saturated rings. The van der Waals surface area contributed by atoms with Crippen LogP contribution in [-0.2, 0) is 0 Å². The number of anilines is 1. The zero-order valence-electron chi connectivity index (χ0n) is 11.8. The highest BCUT2D eigenvalue weighted by Gasteiger charge is 2.59. The lowest BCUT2D eigenvalue weighted by Gasteiger charge is -2.29. The maximum Gasteiger partial charge on any atom is 0.166 e. The summed E-state index contributed by atoms with van der Waals surface area (Å²) in [5, 5.41) is 15.8. The fraction of sp³-hybridized carbons (Fsp3) is 0.571. The molecule has 2 aliphatic carbocycles. The van der Waals surface area contributed by atoms with Crippen molar-refractivity contribution in [1.82, 2.24) is 4.98 Å². The Morgan fingerprint density at radius 1 is 1.59 bits per heavy atom. The molecule has 3 unspecified atom stereocenters. The predicted octanol–water partition coefficient (Wildman–Crippen LogP) is 4.17. The molecule has 1 heterocycles. The van der Waals surface area contributed by atoms with Crippen molar-refractivity contribution >= 4 is 17.4 Å². The Morgan fingerprint density at radius 2 is 2.41 bits per heavy atom. The molecular formula is C14H14ClFN6. The van der Waals surface area contributed by atoms with Gasteiger partial charge in [0.1, 0.15) is 11.2 Å². The molecule has 22 heavy (non-hydrogen) atoms. The Bertz CT molecular complexity index is 695. The average molecular weight is 321 g/mol. The second kappa shape index (κ2) is 5.64. The van der Waals surface area contributed by atoms with Gasteiger partial charge in [0.15, 0.2) is 11.6 Å². The van der Waals surface area contributed by atoms with Gasteiger partial charge in [-0.05, 0) is 30.9 Å². The summed E-state index contributed by atoms with van der Waals surface area (Å²) in [6.07, 6.45) is 4.79. The van der Waals surface area contributed by atoms with Crippen molar-refractivity contribution in [3.63, 3.8) is 0 Å². The molecule has 0 aromatic carbocycles. The van der Waals surface area contributed by atoms with Crippen LogP contribution < -0.4 is 5.32 Å². The number of hydrogen-bond acceptors (Lipinski definition) is 4. The van der Waals surface area contributed by atoms with E-state index in [4.69, 9.17) is 22.4 Å². The highest BCUT2D eigenvalue weighted by molar-refractivity contribution is 6.30. The SMILES string of the molecule is N#Cc1cc(F)c(NC2CC23CCCCC3N=[N+]=[N-])nc1Cl. The van der Waals surface area contributed by atoms with Gasteiger partial charge in [-0.25, -0.2) is 9.37 Å². The first-order chi connectivity index (χ1) is 10.6. The molecule has 1 N–H and O–H groups in total. The fourth-order valence-corrected chi connectivity index (χ4v) is 3.63. The molecule has 2 aliphatic rings. The molecule has 1 aromatic heterocycles. The maximum atomic E-state index is 14.0. The average Bonchev–Trinajstić information content (AvgIpc) is 3.18. The van der Waals surface area contributed by atoms with Gasteiger partial charge in [-0.2, -0.15) is 5.26 Å². The van der Waals surface area contributed by atoms with E-state index in [9.17, 15) is 4.39 Å². The molecule has 8 heteroatoms. The Balaban J connectivity index is 1.80. The van der Waals surface area contributed by atoms with Crippen LogP contribution >= 0.6 is 11.6 Å². The number of nitrogens with one attached hydrogen (secondary N) is 1. The third-order valence-electron chi connectivity index (χ3n) is 4.70. The van der Waals surface area contributed by atoms with Crippen molar-refractivity contribution in [2.45, 2.75) is 44.2 Å². The minimum atomic E-state index is -0.598. The number of azide groups is 1. The van der Waals surface area contributed by atoms with E-state index in [1.165, 1.54) is 0 Å². The van der Waals surface area contributed by atoms with E-state index in [1.807, 2.05) is 0 Å². The Kier molecular flexibility index (Phi) is 3.81. The maximum absolute atomic E-state index is 14.0. The van der Waals surface area contributed by atoms with Gasteiger partial charge in [0.25, 0.3) is 0 Å². The molecule has 1 aromatic rings. The van der Waals surface area contributed by atoms with Crippen molar-refractivity contribution in [3.8, 4) is 6.07 Å². The Hall–Kier alpha value is -2.03. The van der Waals surface area contributed by atoms with E-state index in [-0.39, 0.29) is 34.0 Å². The lowest BCUT2D eigenvalue weighted by molar-refractivity contribution is 0.279. The topological polar surface area (TPSA) is 97.5 Å². The summed E-state index contributed by atoms with van der Waals surface area (Å²) in [5.74, 6) is -0.546. The summed E-state index contributed by atoms with van der Waals surface area (Å²) in [7, 11) is 0. The first kappa shape index (κ1) is 14.9. The molecule has 114 valence electrons. The quantitative estimate of drug-likeness (QED) is 0.391. The second-order valence-electron chi connectivity index (χ2n) is 5.87. The van der Waals surface area contributed by atoms with Crippen molar-refractivity contribution < 1.29 is 4.39 Å². The molecule has 2 saturated carbocycles. The van der Waals surface area contributed by atoms with E-state index >= 15 is 0 Å². The zero-order chi connectivity index (χ0) is 15.7. The van der Waals surface area contributed by atoms with Gasteiger partial charge in [0.2, 0.25) is 0 Å². The van der Waals surface area contributed by atoms with Crippen LogP contribution in [0.5, 0.6) is 0 Å². The van der Waals surface area contributed by atoms with Crippen LogP contribution in [-0.4, -0.2) is 17.1 Å². The molecule has 0 aliphatic heterocycles. The van der Waals surface area contributed by atoms with Crippen LogP contribution in [0.15, 0.2) is 11.2 Å². The number of aromatic nitrogens is 1. The fourth-order valence-electron chi connectivity index (χ4n) is 3.45. The van der Waals surface area contributed by atoms with Crippen LogP contribution in [0.2, 0.25) is 5.15 Å². The molecule has 0 saturated heterocycles. The van der Waals surface area contributed by atoms with E-state index in [0.29, 0.717) is 0 Å². The van der Waals surface area contributed by atoms with Gasteiger partial charge in [-0.3, -0.25) is 0 Å². The molecule has 1 spiro atoms. The standard InChI is InChI=1S/C14H14ClFN6/c15-12-8(7-17)5-9(16)13(20-12)19-11-6-14(11)4-2-1-3-10(14)21-22-18/h5,10-11H,1-4,6H2,(H,19,20). The van der Waals surface area contributed by atoms with E-state index < -0.39 is 5.82 Å². The first-order valence-corrected chi connectivity index (χ1v) is 7.55. The van der Waals surface area contributed by atoms with Crippen LogP contribution in [0.1, 0.15) is 37.7 Å². The lowest BCUT2D eigenvalue weighted by Crippen LogP contribution is -2.30. The second-order valence-corrected chi connectivity index (χ2v) is 6.23. The molecule has 0 radical (unpaired) electrons. The zero-order valence-corrected chi connectivity index (χ0v) is 12.5. The molecule has 3 atom stereocenters. The summed E-state index contributed by atoms with van der Waals surface area (Å²) < 4.78 is 14.0. The van der Waals surface area contributed by atoms with E-state index in [2.05, 4.69) is 20.3 Å². The number of hydrogen-bond donors (Lipinski definition) is 1. The van der Waals surface area contributed by atoms with Crippen molar-refractivity contribution in [2.75, 3.05) is 5.32 Å². The van der Waals surface area contributed by atoms with E-state index in [0.717, 1.165) is 38.2 Å². The molecule has 3 rings (SSSR count). The summed E-state index contributed by atoms with van der Waals surface area (Å²) in [6.45, 7) is 0. The Morgan fingerprint density at radius 3 is 3.14 bits per heavy atom. The summed E-state index contributed by atoms with van der Waals surface area (Å²) in [5.41, 5.74) is 8.63.